The van der Waals surface area contributed by atoms with Crippen LogP contribution in [0.15, 0.2) is 48.8 Å². The Morgan fingerprint density at radius 2 is 1.74 bits per heavy atom. The van der Waals surface area contributed by atoms with E-state index in [0.29, 0.717) is 11.5 Å². The summed E-state index contributed by atoms with van der Waals surface area (Å²) in [7, 11) is 0. The van der Waals surface area contributed by atoms with Crippen molar-refractivity contribution in [2.75, 3.05) is 0 Å². The zero-order valence-electron chi connectivity index (χ0n) is 9.82. The third-order valence-electron chi connectivity index (χ3n) is 2.73. The number of nitrogens with zero attached hydrogens (tertiary/aromatic N) is 3. The molecule has 0 spiro atoms. The number of carboxylic acids is 1. The summed E-state index contributed by atoms with van der Waals surface area (Å²) in [5, 5.41) is 9.83. The van der Waals surface area contributed by atoms with Gasteiger partial charge in [0, 0.05) is 17.8 Å². The highest BCUT2D eigenvalue weighted by Gasteiger charge is 2.07. The second-order valence-corrected chi connectivity index (χ2v) is 3.99. The molecule has 3 aromatic rings. The van der Waals surface area contributed by atoms with E-state index in [1.54, 1.807) is 0 Å². The maximum Gasteiger partial charge on any atom is 0.338 e. The predicted octanol–water partition coefficient (Wildman–Crippen LogP) is 2.39. The highest BCUT2D eigenvalue weighted by molar-refractivity contribution is 5.87. The van der Waals surface area contributed by atoms with Crippen molar-refractivity contribution in [2.45, 2.75) is 0 Å². The lowest BCUT2D eigenvalue weighted by Crippen LogP contribution is -2.00. The third kappa shape index (κ3) is 2.13. The highest BCUT2D eigenvalue weighted by Crippen LogP contribution is 2.17. The third-order valence-corrected chi connectivity index (χ3v) is 2.73. The van der Waals surface area contributed by atoms with Crippen LogP contribution in [-0.4, -0.2) is 26.0 Å². The summed E-state index contributed by atoms with van der Waals surface area (Å²) < 4.78 is 0. The van der Waals surface area contributed by atoms with Crippen molar-refractivity contribution < 1.29 is 9.90 Å². The Bertz CT molecular complexity index is 754. The molecule has 0 saturated carbocycles. The summed E-state index contributed by atoms with van der Waals surface area (Å²) in [6, 6.07) is 11.5. The van der Waals surface area contributed by atoms with Crippen LogP contribution < -0.4 is 0 Å². The Morgan fingerprint density at radius 3 is 2.47 bits per heavy atom. The number of hydrogen-bond acceptors (Lipinski definition) is 4. The van der Waals surface area contributed by atoms with Crippen LogP contribution in [0.5, 0.6) is 0 Å². The lowest BCUT2D eigenvalue weighted by Gasteiger charge is -2.02. The molecule has 92 valence electrons. The van der Waals surface area contributed by atoms with E-state index in [2.05, 4.69) is 15.0 Å². The molecule has 0 atom stereocenters. The minimum absolute atomic E-state index is 0.0598. The first-order chi connectivity index (χ1) is 9.24. The van der Waals surface area contributed by atoms with Crippen molar-refractivity contribution in [3.63, 3.8) is 0 Å². The lowest BCUT2D eigenvalue weighted by molar-refractivity contribution is 0.0696. The van der Waals surface area contributed by atoms with Crippen molar-refractivity contribution in [1.82, 2.24) is 15.0 Å². The number of para-hydroxylation sites is 1. The molecule has 0 unspecified atom stereocenters. The largest absolute Gasteiger partial charge is 0.478 e. The van der Waals surface area contributed by atoms with E-state index >= 15 is 0 Å². The minimum Gasteiger partial charge on any atom is -0.478 e. The maximum absolute atomic E-state index is 10.7. The Hall–Kier alpha value is -2.82. The molecule has 0 fully saturated rings. The SMILES string of the molecule is O=C(O)c1cnc(-c2ccc3ccccc3n2)nc1. The first kappa shape index (κ1) is 11.3. The Kier molecular flexibility index (Phi) is 2.64. The zero-order valence-corrected chi connectivity index (χ0v) is 9.82. The molecule has 3 rings (SSSR count). The molecule has 1 N–H and O–H groups in total. The summed E-state index contributed by atoms with van der Waals surface area (Å²) in [4.78, 5) is 23.2. The second kappa shape index (κ2) is 4.45. The monoisotopic (exact) mass is 251 g/mol. The fraction of sp³-hybridized carbons (Fsp3) is 0. The molecule has 0 radical (unpaired) electrons. The standard InChI is InChI=1S/C14H9N3O2/c18-14(19)10-7-15-13(16-8-10)12-6-5-9-3-1-2-4-11(9)17-12/h1-8H,(H,18,19). The van der Waals surface area contributed by atoms with Crippen LogP contribution in [0.2, 0.25) is 0 Å². The molecule has 0 aliphatic rings. The molecule has 2 aromatic heterocycles. The molecule has 2 heterocycles. The van der Waals surface area contributed by atoms with Crippen molar-refractivity contribution >= 4 is 16.9 Å². The van der Waals surface area contributed by atoms with E-state index in [9.17, 15) is 4.79 Å². The van der Waals surface area contributed by atoms with E-state index in [1.165, 1.54) is 12.4 Å². The summed E-state index contributed by atoms with van der Waals surface area (Å²) in [5.41, 5.74) is 1.53. The first-order valence-corrected chi connectivity index (χ1v) is 5.65. The van der Waals surface area contributed by atoms with Crippen molar-refractivity contribution in [3.05, 3.63) is 54.4 Å². The number of pyridine rings is 1. The molecule has 5 heteroatoms. The fourth-order valence-electron chi connectivity index (χ4n) is 1.76. The predicted molar refractivity (Wildman–Crippen MR) is 69.7 cm³/mol. The molecule has 0 bridgehead atoms. The number of aromatic nitrogens is 3. The van der Waals surface area contributed by atoms with Gasteiger partial charge in [-0.05, 0) is 12.1 Å². The van der Waals surface area contributed by atoms with Gasteiger partial charge >= 0.3 is 5.97 Å². The molecular weight excluding hydrogens is 242 g/mol. The first-order valence-electron chi connectivity index (χ1n) is 5.65. The van der Waals surface area contributed by atoms with E-state index < -0.39 is 5.97 Å². The number of fused-ring (bicyclic) bond motifs is 1. The second-order valence-electron chi connectivity index (χ2n) is 3.99. The molecule has 19 heavy (non-hydrogen) atoms. The van der Waals surface area contributed by atoms with Gasteiger partial charge < -0.3 is 5.11 Å². The molecule has 0 saturated heterocycles. The average Bonchev–Trinajstić information content (AvgIpc) is 2.47. The van der Waals surface area contributed by atoms with Gasteiger partial charge in [0.05, 0.1) is 11.1 Å². The van der Waals surface area contributed by atoms with Crippen molar-refractivity contribution in [2.24, 2.45) is 0 Å². The van der Waals surface area contributed by atoms with Gasteiger partial charge in [-0.1, -0.05) is 24.3 Å². The van der Waals surface area contributed by atoms with E-state index in [0.717, 1.165) is 10.9 Å². The number of benzene rings is 1. The van der Waals surface area contributed by atoms with Gasteiger partial charge in [-0.3, -0.25) is 0 Å². The summed E-state index contributed by atoms with van der Waals surface area (Å²) in [6.07, 6.45) is 2.56. The lowest BCUT2D eigenvalue weighted by atomic mass is 10.2. The Labute approximate surface area is 108 Å². The van der Waals surface area contributed by atoms with Crippen LogP contribution in [0.4, 0.5) is 0 Å². The molecule has 0 aliphatic heterocycles. The number of aromatic carboxylic acids is 1. The van der Waals surface area contributed by atoms with Gasteiger partial charge in [-0.15, -0.1) is 0 Å². The quantitative estimate of drug-likeness (QED) is 0.756. The number of rotatable bonds is 2. The summed E-state index contributed by atoms with van der Waals surface area (Å²) in [6.45, 7) is 0. The Balaban J connectivity index is 2.06. The molecule has 1 aromatic carbocycles. The zero-order chi connectivity index (χ0) is 13.2. The molecule has 5 nitrogen and oxygen atoms in total. The van der Waals surface area contributed by atoms with E-state index in [1.807, 2.05) is 36.4 Å². The van der Waals surface area contributed by atoms with Crippen LogP contribution in [0, 0.1) is 0 Å². The number of hydrogen-bond donors (Lipinski definition) is 1. The van der Waals surface area contributed by atoms with E-state index in [4.69, 9.17) is 5.11 Å². The van der Waals surface area contributed by atoms with Crippen LogP contribution >= 0.6 is 0 Å². The smallest absolute Gasteiger partial charge is 0.338 e. The summed E-state index contributed by atoms with van der Waals surface area (Å²) >= 11 is 0. The van der Waals surface area contributed by atoms with Crippen LogP contribution in [0.3, 0.4) is 0 Å². The molecule has 0 aliphatic carbocycles. The van der Waals surface area contributed by atoms with E-state index in [-0.39, 0.29) is 5.56 Å². The summed E-state index contributed by atoms with van der Waals surface area (Å²) in [5.74, 6) is -0.631. The Morgan fingerprint density at radius 1 is 1.00 bits per heavy atom. The van der Waals surface area contributed by atoms with Gasteiger partial charge in [-0.2, -0.15) is 0 Å². The fourth-order valence-corrected chi connectivity index (χ4v) is 1.76. The maximum atomic E-state index is 10.7. The van der Waals surface area contributed by atoms with Gasteiger partial charge in [0.15, 0.2) is 5.82 Å². The van der Waals surface area contributed by atoms with Gasteiger partial charge in [0.2, 0.25) is 0 Å². The highest BCUT2D eigenvalue weighted by atomic mass is 16.4. The molecule has 0 amide bonds. The molecular formula is C14H9N3O2. The van der Waals surface area contributed by atoms with Crippen LogP contribution in [-0.2, 0) is 0 Å². The minimum atomic E-state index is -1.04. The van der Waals surface area contributed by atoms with Crippen LogP contribution in [0.25, 0.3) is 22.4 Å². The number of carbonyl (C=O) groups is 1. The normalized spacial score (nSPS) is 10.5. The average molecular weight is 251 g/mol. The number of carboxylic acid groups (broad SMARTS) is 1. The van der Waals surface area contributed by atoms with Crippen molar-refractivity contribution in [3.8, 4) is 11.5 Å². The van der Waals surface area contributed by atoms with Crippen molar-refractivity contribution in [1.29, 1.82) is 0 Å². The van der Waals surface area contributed by atoms with Gasteiger partial charge in [-0.25, -0.2) is 19.7 Å². The van der Waals surface area contributed by atoms with Gasteiger partial charge in [0.1, 0.15) is 5.69 Å². The van der Waals surface area contributed by atoms with Crippen LogP contribution in [0.1, 0.15) is 10.4 Å². The van der Waals surface area contributed by atoms with Gasteiger partial charge in [0.25, 0.3) is 0 Å². The topological polar surface area (TPSA) is 76.0 Å².